The van der Waals surface area contributed by atoms with E-state index in [9.17, 15) is 9.90 Å². The van der Waals surface area contributed by atoms with E-state index in [1.807, 2.05) is 62.4 Å². The third-order valence-corrected chi connectivity index (χ3v) is 5.19. The van der Waals surface area contributed by atoms with Crippen molar-refractivity contribution in [1.29, 1.82) is 0 Å². The van der Waals surface area contributed by atoms with Gasteiger partial charge in [0.25, 0.3) is 0 Å². The summed E-state index contributed by atoms with van der Waals surface area (Å²) in [5.74, 6) is 0.793. The predicted molar refractivity (Wildman–Crippen MR) is 98.9 cm³/mol. The van der Waals surface area contributed by atoms with Crippen LogP contribution < -0.4 is 4.74 Å². The first-order valence-corrected chi connectivity index (χ1v) is 8.80. The summed E-state index contributed by atoms with van der Waals surface area (Å²) < 4.78 is 11.0. The fraction of sp³-hybridized carbons (Fsp3) is 0.381. The monoisotopic (exact) mass is 355 g/mol. The average molecular weight is 355 g/mol. The summed E-state index contributed by atoms with van der Waals surface area (Å²) in [6.45, 7) is 4.56. The molecule has 5 nitrogen and oxygen atoms in total. The van der Waals surface area contributed by atoms with Crippen LogP contribution in [0, 0.1) is 0 Å². The van der Waals surface area contributed by atoms with Gasteiger partial charge in [0.05, 0.1) is 19.8 Å². The Kier molecular flexibility index (Phi) is 5.18. The Morgan fingerprint density at radius 1 is 1.19 bits per heavy atom. The number of carbonyl (C=O) groups is 1. The fourth-order valence-electron chi connectivity index (χ4n) is 3.31. The van der Waals surface area contributed by atoms with Gasteiger partial charge in [-0.1, -0.05) is 36.4 Å². The summed E-state index contributed by atoms with van der Waals surface area (Å²) in [4.78, 5) is 14.4. The zero-order valence-electron chi connectivity index (χ0n) is 15.4. The number of carbonyl (C=O) groups excluding carboxylic acids is 1. The Labute approximate surface area is 154 Å². The Balaban J connectivity index is 1.73. The Bertz CT molecular complexity index is 757. The minimum Gasteiger partial charge on any atom is -0.497 e. The number of benzene rings is 2. The van der Waals surface area contributed by atoms with Crippen LogP contribution in [0.2, 0.25) is 0 Å². The van der Waals surface area contributed by atoms with Gasteiger partial charge < -0.3 is 19.5 Å². The molecular weight excluding hydrogens is 330 g/mol. The predicted octanol–water partition coefficient (Wildman–Crippen LogP) is 4.01. The van der Waals surface area contributed by atoms with Gasteiger partial charge in [-0.05, 0) is 42.7 Å². The van der Waals surface area contributed by atoms with Crippen LogP contribution in [0.1, 0.15) is 43.0 Å². The number of methoxy groups -OCH3 is 1. The van der Waals surface area contributed by atoms with Crippen molar-refractivity contribution in [2.75, 3.05) is 13.7 Å². The van der Waals surface area contributed by atoms with Crippen LogP contribution in [0.5, 0.6) is 5.75 Å². The SMILES string of the molecule is COc1ccc([C@H](C)N2CC[C@](C)(c3ccc(CO)cc3)OC2=O)cc1. The summed E-state index contributed by atoms with van der Waals surface area (Å²) in [7, 11) is 1.63. The molecule has 2 atom stereocenters. The highest BCUT2D eigenvalue weighted by Crippen LogP contribution is 2.36. The zero-order chi connectivity index (χ0) is 18.7. The Hall–Kier alpha value is -2.53. The number of aliphatic hydroxyl groups excluding tert-OH is 1. The quantitative estimate of drug-likeness (QED) is 0.880. The van der Waals surface area contributed by atoms with Crippen LogP contribution in [0.4, 0.5) is 4.79 Å². The normalized spacial score (nSPS) is 21.2. The lowest BCUT2D eigenvalue weighted by atomic mass is 9.90. The van der Waals surface area contributed by atoms with Crippen LogP contribution in [-0.4, -0.2) is 29.8 Å². The first kappa shape index (κ1) is 18.3. The third kappa shape index (κ3) is 3.53. The molecule has 3 rings (SSSR count). The second-order valence-electron chi connectivity index (χ2n) is 6.85. The maximum Gasteiger partial charge on any atom is 0.411 e. The maximum atomic E-state index is 12.7. The van der Waals surface area contributed by atoms with Crippen molar-refractivity contribution in [3.63, 3.8) is 0 Å². The van der Waals surface area contributed by atoms with Gasteiger partial charge in [-0.2, -0.15) is 0 Å². The molecule has 0 saturated carbocycles. The highest BCUT2D eigenvalue weighted by molar-refractivity contribution is 5.70. The van der Waals surface area contributed by atoms with E-state index in [2.05, 4.69) is 0 Å². The van der Waals surface area contributed by atoms with Gasteiger partial charge in [0.1, 0.15) is 11.4 Å². The van der Waals surface area contributed by atoms with Crippen LogP contribution in [-0.2, 0) is 16.9 Å². The molecule has 0 radical (unpaired) electrons. The van der Waals surface area contributed by atoms with Crippen LogP contribution in [0.15, 0.2) is 48.5 Å². The van der Waals surface area contributed by atoms with Crippen LogP contribution >= 0.6 is 0 Å². The number of amides is 1. The van der Waals surface area contributed by atoms with Crippen molar-refractivity contribution in [3.8, 4) is 5.75 Å². The van der Waals surface area contributed by atoms with E-state index < -0.39 is 5.60 Å². The zero-order valence-corrected chi connectivity index (χ0v) is 15.4. The van der Waals surface area contributed by atoms with Gasteiger partial charge in [0.15, 0.2) is 0 Å². The highest BCUT2D eigenvalue weighted by atomic mass is 16.6. The molecule has 5 heteroatoms. The molecule has 0 aliphatic carbocycles. The van der Waals surface area contributed by atoms with Crippen LogP contribution in [0.3, 0.4) is 0 Å². The average Bonchev–Trinajstić information content (AvgIpc) is 2.67. The van der Waals surface area contributed by atoms with E-state index in [1.54, 1.807) is 12.0 Å². The van der Waals surface area contributed by atoms with Gasteiger partial charge in [-0.15, -0.1) is 0 Å². The molecule has 1 heterocycles. The minimum atomic E-state index is -0.652. The van der Waals surface area contributed by atoms with E-state index in [4.69, 9.17) is 9.47 Å². The van der Waals surface area contributed by atoms with Gasteiger partial charge in [-0.3, -0.25) is 0 Å². The van der Waals surface area contributed by atoms with Crippen molar-refractivity contribution >= 4 is 6.09 Å². The smallest absolute Gasteiger partial charge is 0.411 e. The van der Waals surface area contributed by atoms with E-state index in [-0.39, 0.29) is 18.7 Å². The largest absolute Gasteiger partial charge is 0.497 e. The molecule has 2 aromatic rings. The van der Waals surface area contributed by atoms with Crippen molar-refractivity contribution in [1.82, 2.24) is 4.90 Å². The number of cyclic esters (lactones) is 1. The number of ether oxygens (including phenoxy) is 2. The molecule has 0 bridgehead atoms. The molecule has 0 spiro atoms. The van der Waals surface area contributed by atoms with Gasteiger partial charge in [0.2, 0.25) is 0 Å². The van der Waals surface area contributed by atoms with Gasteiger partial charge in [-0.25, -0.2) is 4.79 Å². The fourth-order valence-corrected chi connectivity index (χ4v) is 3.31. The third-order valence-electron chi connectivity index (χ3n) is 5.19. The molecule has 1 amide bonds. The number of aliphatic hydroxyl groups is 1. The summed E-state index contributed by atoms with van der Waals surface area (Å²) in [6, 6.07) is 15.2. The summed E-state index contributed by atoms with van der Waals surface area (Å²) in [6.07, 6.45) is 0.394. The van der Waals surface area contributed by atoms with Crippen molar-refractivity contribution < 1.29 is 19.4 Å². The van der Waals surface area contributed by atoms with Crippen molar-refractivity contribution in [2.24, 2.45) is 0 Å². The van der Waals surface area contributed by atoms with E-state index >= 15 is 0 Å². The van der Waals surface area contributed by atoms with E-state index in [0.29, 0.717) is 13.0 Å². The van der Waals surface area contributed by atoms with Crippen LogP contribution in [0.25, 0.3) is 0 Å². The second-order valence-corrected chi connectivity index (χ2v) is 6.85. The highest BCUT2D eigenvalue weighted by Gasteiger charge is 2.39. The molecule has 1 aliphatic heterocycles. The summed E-state index contributed by atoms with van der Waals surface area (Å²) in [5.41, 5.74) is 2.17. The van der Waals surface area contributed by atoms with Crippen molar-refractivity contribution in [2.45, 2.75) is 38.5 Å². The Morgan fingerprint density at radius 3 is 2.38 bits per heavy atom. The van der Waals surface area contributed by atoms with E-state index in [1.165, 1.54) is 0 Å². The lowest BCUT2D eigenvalue weighted by molar-refractivity contribution is -0.0491. The summed E-state index contributed by atoms with van der Waals surface area (Å²) >= 11 is 0. The number of rotatable bonds is 5. The Morgan fingerprint density at radius 2 is 1.85 bits per heavy atom. The molecule has 1 fully saturated rings. The van der Waals surface area contributed by atoms with Gasteiger partial charge in [0, 0.05) is 13.0 Å². The molecule has 0 unspecified atom stereocenters. The van der Waals surface area contributed by atoms with Gasteiger partial charge >= 0.3 is 6.09 Å². The van der Waals surface area contributed by atoms with E-state index in [0.717, 1.165) is 22.4 Å². The lowest BCUT2D eigenvalue weighted by Crippen LogP contribution is -2.47. The number of hydrogen-bond donors (Lipinski definition) is 1. The molecule has 1 saturated heterocycles. The summed E-state index contributed by atoms with van der Waals surface area (Å²) in [5, 5.41) is 9.18. The topological polar surface area (TPSA) is 59.0 Å². The second kappa shape index (κ2) is 7.38. The molecule has 2 aromatic carbocycles. The van der Waals surface area contributed by atoms with Crippen molar-refractivity contribution in [3.05, 3.63) is 65.2 Å². The molecule has 26 heavy (non-hydrogen) atoms. The molecule has 1 aliphatic rings. The first-order chi connectivity index (χ1) is 12.5. The standard InChI is InChI=1S/C21H25NO4/c1-15(17-6-10-19(25-3)11-7-17)22-13-12-21(2,26-20(22)24)18-8-4-16(14-23)5-9-18/h4-11,15,23H,12-14H2,1-3H3/t15-,21+/m0/s1. The number of nitrogens with zero attached hydrogens (tertiary/aromatic N) is 1. The first-order valence-electron chi connectivity index (χ1n) is 8.80. The molecule has 1 N–H and O–H groups in total. The lowest BCUT2D eigenvalue weighted by Gasteiger charge is -2.41. The molecule has 138 valence electrons. The minimum absolute atomic E-state index is 0.00390. The molecule has 0 aromatic heterocycles. The molecular formula is C21H25NO4. The number of hydrogen-bond acceptors (Lipinski definition) is 4. The maximum absolute atomic E-state index is 12.7.